The van der Waals surface area contributed by atoms with E-state index in [-0.39, 0.29) is 12.0 Å². The summed E-state index contributed by atoms with van der Waals surface area (Å²) in [7, 11) is 0. The van der Waals surface area contributed by atoms with Gasteiger partial charge in [0.05, 0.1) is 40.6 Å². The van der Waals surface area contributed by atoms with E-state index >= 15 is 0 Å². The highest BCUT2D eigenvalue weighted by molar-refractivity contribution is 14.2. The maximum atomic E-state index is 6.45. The molecule has 0 saturated heterocycles. The zero-order valence-electron chi connectivity index (χ0n) is 21.7. The Morgan fingerprint density at radius 1 is 1.00 bits per heavy atom. The van der Waals surface area contributed by atoms with Crippen LogP contribution in [0, 0.1) is 0 Å². The number of rotatable bonds is 10. The van der Waals surface area contributed by atoms with Gasteiger partial charge in [-0.05, 0) is 63.9 Å². The molecule has 196 valence electrons. The van der Waals surface area contributed by atoms with Crippen LogP contribution < -0.4 is 20.9 Å². The molecule has 0 saturated carbocycles. The zero-order valence-corrected chi connectivity index (χ0v) is 26.4. The summed E-state index contributed by atoms with van der Waals surface area (Å²) in [6, 6.07) is 11.7. The van der Waals surface area contributed by atoms with Crippen LogP contribution in [0.2, 0.25) is 10.0 Å². The third kappa shape index (κ3) is 10.7. The van der Waals surface area contributed by atoms with E-state index in [0.717, 1.165) is 17.5 Å². The first kappa shape index (κ1) is 33.8. The molecule has 2 rings (SSSR count). The molecule has 4 N–H and O–H groups in total. The first-order chi connectivity index (χ1) is 16.7. The van der Waals surface area contributed by atoms with Gasteiger partial charge in [-0.2, -0.15) is 0 Å². The van der Waals surface area contributed by atoms with Crippen LogP contribution in [-0.2, 0) is 5.41 Å². The van der Waals surface area contributed by atoms with E-state index < -0.39 is 0 Å². The van der Waals surface area contributed by atoms with E-state index in [1.807, 2.05) is 71.0 Å². The molecule has 0 aliphatic heterocycles. The number of ether oxygens (including phenoxy) is 2. The van der Waals surface area contributed by atoms with Gasteiger partial charge in [-0.3, -0.25) is 4.76 Å². The molecule has 1 unspecified atom stereocenters. The Morgan fingerprint density at radius 3 is 2.03 bits per heavy atom. The molecule has 9 heteroatoms. The van der Waals surface area contributed by atoms with E-state index in [4.69, 9.17) is 44.1 Å². The minimum atomic E-state index is -0.324. The van der Waals surface area contributed by atoms with Crippen molar-refractivity contribution in [2.45, 2.75) is 60.3 Å². The minimum absolute atomic E-state index is 0.190. The van der Waals surface area contributed by atoms with Gasteiger partial charge < -0.3 is 20.9 Å². The van der Waals surface area contributed by atoms with Gasteiger partial charge in [-0.25, -0.2) is 0 Å². The van der Waals surface area contributed by atoms with Crippen LogP contribution in [0.1, 0.15) is 66.0 Å². The molecular weight excluding hydrogens is 615 g/mol. The maximum Gasteiger partial charge on any atom is 0.156 e. The number of benzene rings is 2. The summed E-state index contributed by atoms with van der Waals surface area (Å²) >= 11 is 15.1. The topological polar surface area (TPSA) is 82.9 Å². The summed E-state index contributed by atoms with van der Waals surface area (Å²) in [5.41, 5.74) is 14.4. The highest BCUT2D eigenvalue weighted by atomic mass is 127. The van der Waals surface area contributed by atoms with E-state index in [1.165, 1.54) is 0 Å². The average Bonchev–Trinajstić information content (AvgIpc) is 2.87. The lowest BCUT2D eigenvalue weighted by atomic mass is 9.78. The number of nitrogens with two attached hydrogens (primary N) is 2. The van der Waals surface area contributed by atoms with E-state index in [9.17, 15) is 0 Å². The van der Waals surface area contributed by atoms with Gasteiger partial charge in [0.15, 0.2) is 5.75 Å². The summed E-state index contributed by atoms with van der Waals surface area (Å²) in [6.07, 6.45) is 2.84. The van der Waals surface area contributed by atoms with Crippen LogP contribution in [-0.4, -0.2) is 19.4 Å². The molecule has 0 bridgehead atoms. The first-order valence-corrected chi connectivity index (χ1v) is 16.5. The summed E-state index contributed by atoms with van der Waals surface area (Å²) < 4.78 is 15.5. The maximum absolute atomic E-state index is 6.45. The van der Waals surface area contributed by atoms with Gasteiger partial charge in [0.2, 0.25) is 0 Å². The van der Waals surface area contributed by atoms with Gasteiger partial charge in [-0.1, -0.05) is 83.8 Å². The van der Waals surface area contributed by atoms with Crippen LogP contribution in [0.4, 0.5) is 0 Å². The molecule has 0 spiro atoms. The Bertz CT molecular complexity index is 929. The van der Waals surface area contributed by atoms with Crippen molar-refractivity contribution in [1.82, 2.24) is 0 Å². The summed E-state index contributed by atoms with van der Waals surface area (Å²) in [5, 5.41) is 1.02. The first-order valence-electron chi connectivity index (χ1n) is 11.7. The fourth-order valence-electron chi connectivity index (χ4n) is 2.82. The lowest BCUT2D eigenvalue weighted by Crippen LogP contribution is -2.19. The second-order valence-corrected chi connectivity index (χ2v) is 10.1. The van der Waals surface area contributed by atoms with E-state index in [1.54, 1.807) is 6.21 Å². The third-order valence-corrected chi connectivity index (χ3v) is 6.39. The molecule has 0 aliphatic carbocycles. The molecule has 1 atom stereocenters. The monoisotopic (exact) mass is 653 g/mol. The molecular formula is C26H39Cl2IN3O2P. The molecule has 0 heterocycles. The molecule has 2 aromatic carbocycles. The number of allylic oxidation sites excluding steroid dienone is 1. The predicted octanol–water partition coefficient (Wildman–Crippen LogP) is 8.68. The quantitative estimate of drug-likeness (QED) is 0.153. The molecule has 0 radical (unpaired) electrons. The smallest absolute Gasteiger partial charge is 0.156 e. The molecule has 0 aromatic heterocycles. The lowest BCUT2D eigenvalue weighted by Gasteiger charge is -2.27. The highest BCUT2D eigenvalue weighted by Gasteiger charge is 2.25. The van der Waals surface area contributed by atoms with Gasteiger partial charge in [-0.15, -0.1) is 0 Å². The summed E-state index contributed by atoms with van der Waals surface area (Å²) in [6.45, 7) is 15.0. The SMILES string of the molecule is CC.CC.CCCOc1c(Cl)cc(C(C)(C)c2ccc(OC/C(N)=C(N)/C=N/PI)cc2)cc1Cl. The van der Waals surface area contributed by atoms with Crippen LogP contribution in [0.3, 0.4) is 0 Å². The number of halogens is 3. The standard InChI is InChI=1S/C22H27Cl2IN3O2P.2C2H6/c1-4-9-29-21-17(23)10-15(11-18(21)24)22(2,3)14-5-7-16(8-6-14)30-13-20(27)19(26)12-28-31-25;2*1-2/h5-8,10-12,31H,4,9,13,26-27H2,1-3H3;2*1-2H3/b20-19+,28-12+;;. The second kappa shape index (κ2) is 18.1. The fraction of sp³-hybridized carbons (Fsp3) is 0.423. The minimum Gasteiger partial charge on any atom is -0.490 e. The average molecular weight is 654 g/mol. The molecule has 35 heavy (non-hydrogen) atoms. The van der Waals surface area contributed by atoms with Crippen LogP contribution in [0.15, 0.2) is 52.6 Å². The Balaban J connectivity index is 0.00000274. The molecule has 5 nitrogen and oxygen atoms in total. The van der Waals surface area contributed by atoms with Crippen molar-refractivity contribution in [3.63, 3.8) is 0 Å². The number of hydrogen-bond donors (Lipinski definition) is 2. The Labute approximate surface area is 236 Å². The normalized spacial score (nSPS) is 11.9. The largest absolute Gasteiger partial charge is 0.490 e. The molecule has 2 aromatic rings. The lowest BCUT2D eigenvalue weighted by molar-refractivity contribution is 0.317. The van der Waals surface area contributed by atoms with Crippen molar-refractivity contribution in [3.8, 4) is 11.5 Å². The van der Waals surface area contributed by atoms with E-state index in [2.05, 4.69) is 40.7 Å². The van der Waals surface area contributed by atoms with Crippen molar-refractivity contribution in [2.24, 2.45) is 16.2 Å². The van der Waals surface area contributed by atoms with Gasteiger partial charge in [0.1, 0.15) is 12.4 Å². The highest BCUT2D eigenvalue weighted by Crippen LogP contribution is 2.40. The van der Waals surface area contributed by atoms with Crippen molar-refractivity contribution in [1.29, 1.82) is 0 Å². The Kier molecular flexibility index (Phi) is 17.5. The van der Waals surface area contributed by atoms with Crippen LogP contribution in [0.25, 0.3) is 0 Å². The van der Waals surface area contributed by atoms with Gasteiger partial charge in [0.25, 0.3) is 0 Å². The van der Waals surface area contributed by atoms with Crippen LogP contribution in [0.5, 0.6) is 11.5 Å². The number of hydrogen-bond acceptors (Lipinski definition) is 5. The molecule has 0 aliphatic rings. The number of nitrogens with zero attached hydrogens (tertiary/aromatic N) is 1. The summed E-state index contributed by atoms with van der Waals surface area (Å²) in [4.78, 5) is 0. The Morgan fingerprint density at radius 2 is 1.54 bits per heavy atom. The van der Waals surface area contributed by atoms with Crippen molar-refractivity contribution in [2.75, 3.05) is 13.2 Å². The van der Waals surface area contributed by atoms with Gasteiger partial charge >= 0.3 is 0 Å². The third-order valence-electron chi connectivity index (χ3n) is 4.76. The van der Waals surface area contributed by atoms with Crippen LogP contribution >= 0.6 is 51.6 Å². The van der Waals surface area contributed by atoms with Crippen molar-refractivity contribution >= 4 is 57.8 Å². The Hall–Kier alpha value is -1.21. The zero-order chi connectivity index (χ0) is 27.0. The van der Waals surface area contributed by atoms with Gasteiger partial charge in [0, 0.05) is 5.41 Å². The second-order valence-electron chi connectivity index (χ2n) is 7.38. The predicted molar refractivity (Wildman–Crippen MR) is 165 cm³/mol. The summed E-state index contributed by atoms with van der Waals surface area (Å²) in [5.74, 6) is 1.23. The van der Waals surface area contributed by atoms with Crippen molar-refractivity contribution in [3.05, 3.63) is 69.0 Å². The fourth-order valence-corrected chi connectivity index (χ4v) is 4.02. The molecule has 0 amide bonds. The molecule has 0 fully saturated rings. The van der Waals surface area contributed by atoms with Crippen molar-refractivity contribution < 1.29 is 9.47 Å². The van der Waals surface area contributed by atoms with E-state index in [0.29, 0.717) is 45.9 Å².